The number of amides is 1. The fraction of sp³-hybridized carbons (Fsp3) is 0.636. The molecular weight excluding hydrogens is 210 g/mol. The zero-order chi connectivity index (χ0) is 12.3. The molecule has 0 aromatic carbocycles. The molecule has 0 radical (unpaired) electrons. The Labute approximate surface area is 94.8 Å². The second-order valence-corrected chi connectivity index (χ2v) is 4.65. The van der Waals surface area contributed by atoms with E-state index in [1.807, 2.05) is 0 Å². The largest absolute Gasteiger partial charge is 0.457 e. The highest BCUT2D eigenvalue weighted by Crippen LogP contribution is 2.16. The Hall–Kier alpha value is -1.52. The average molecular weight is 227 g/mol. The molecule has 2 atom stereocenters. The smallest absolute Gasteiger partial charge is 0.408 e. The molecule has 1 saturated heterocycles. The first-order valence-electron chi connectivity index (χ1n) is 5.14. The van der Waals surface area contributed by atoms with Crippen LogP contribution in [0.3, 0.4) is 0 Å². The topological polar surface area (TPSA) is 64.6 Å². The molecule has 0 spiro atoms. The van der Waals surface area contributed by atoms with E-state index in [-0.39, 0.29) is 6.10 Å². The van der Waals surface area contributed by atoms with Crippen molar-refractivity contribution in [2.45, 2.75) is 44.9 Å². The number of esters is 1. The maximum atomic E-state index is 11.4. The summed E-state index contributed by atoms with van der Waals surface area (Å²) in [5.74, 6) is -0.448. The predicted octanol–water partition coefficient (Wildman–Crippen LogP) is 1.38. The van der Waals surface area contributed by atoms with Crippen molar-refractivity contribution in [1.82, 2.24) is 5.32 Å². The zero-order valence-electron chi connectivity index (χ0n) is 9.78. The lowest BCUT2D eigenvalue weighted by atomic mass is 10.2. The van der Waals surface area contributed by atoms with Crippen LogP contribution in [-0.4, -0.2) is 29.8 Å². The minimum Gasteiger partial charge on any atom is -0.457 e. The molecule has 5 heteroatoms. The van der Waals surface area contributed by atoms with Crippen molar-refractivity contribution >= 4 is 12.1 Å². The number of nitrogens with one attached hydrogen (secondary N) is 1. The second kappa shape index (κ2) is 4.55. The maximum Gasteiger partial charge on any atom is 0.408 e. The molecule has 0 saturated carbocycles. The van der Waals surface area contributed by atoms with Crippen molar-refractivity contribution in [3.63, 3.8) is 0 Å². The molecule has 5 nitrogen and oxygen atoms in total. The summed E-state index contributed by atoms with van der Waals surface area (Å²) in [7, 11) is 0. The molecule has 1 N–H and O–H groups in total. The van der Waals surface area contributed by atoms with Gasteiger partial charge < -0.3 is 14.8 Å². The van der Waals surface area contributed by atoms with Gasteiger partial charge in [0.1, 0.15) is 17.7 Å². The summed E-state index contributed by atoms with van der Waals surface area (Å²) in [6.07, 6.45) is 1.00. The summed E-state index contributed by atoms with van der Waals surface area (Å²) in [5.41, 5.74) is -0.579. The Morgan fingerprint density at radius 3 is 2.69 bits per heavy atom. The molecule has 1 rings (SSSR count). The van der Waals surface area contributed by atoms with E-state index >= 15 is 0 Å². The van der Waals surface area contributed by atoms with Gasteiger partial charge in [0.2, 0.25) is 0 Å². The van der Waals surface area contributed by atoms with Crippen molar-refractivity contribution in [1.29, 1.82) is 0 Å². The molecule has 90 valence electrons. The third-order valence-electron chi connectivity index (χ3n) is 1.97. The van der Waals surface area contributed by atoms with Crippen LogP contribution in [0.25, 0.3) is 0 Å². The quantitative estimate of drug-likeness (QED) is 0.571. The van der Waals surface area contributed by atoms with Crippen molar-refractivity contribution in [3.8, 4) is 0 Å². The van der Waals surface area contributed by atoms with Crippen molar-refractivity contribution in [3.05, 3.63) is 12.7 Å². The Balaban J connectivity index is 2.46. The molecule has 1 heterocycles. The molecule has 0 aromatic rings. The number of alkyl carbamates (subject to hydrolysis) is 1. The Kier molecular flexibility index (Phi) is 3.57. The normalized spacial score (nSPS) is 24.8. The van der Waals surface area contributed by atoms with Crippen LogP contribution in [0.15, 0.2) is 12.7 Å². The van der Waals surface area contributed by atoms with Crippen LogP contribution in [-0.2, 0) is 14.3 Å². The summed E-state index contributed by atoms with van der Waals surface area (Å²) in [6.45, 7) is 8.80. The van der Waals surface area contributed by atoms with Gasteiger partial charge in [-0.25, -0.2) is 9.59 Å². The van der Waals surface area contributed by atoms with Gasteiger partial charge in [0.05, 0.1) is 0 Å². The standard InChI is InChI=1S/C11H17NO4/c1-5-7-6-8(9(13)15-7)12-10(14)16-11(2,3)4/h5,7-8H,1,6H2,2-4H3,(H,12,14)/t7-,8-/m0/s1. The summed E-state index contributed by atoms with van der Waals surface area (Å²) in [6, 6.07) is -0.641. The van der Waals surface area contributed by atoms with Crippen LogP contribution in [0, 0.1) is 0 Å². The first-order valence-corrected chi connectivity index (χ1v) is 5.14. The highest BCUT2D eigenvalue weighted by atomic mass is 16.6. The number of carbonyl (C=O) groups is 2. The van der Waals surface area contributed by atoms with Crippen LogP contribution in [0.2, 0.25) is 0 Å². The van der Waals surface area contributed by atoms with E-state index in [1.165, 1.54) is 6.08 Å². The fourth-order valence-electron chi connectivity index (χ4n) is 1.32. The number of carbonyl (C=O) groups excluding carboxylic acids is 2. The molecule has 1 amide bonds. The maximum absolute atomic E-state index is 11.4. The number of hydrogen-bond acceptors (Lipinski definition) is 4. The number of ether oxygens (including phenoxy) is 2. The van der Waals surface area contributed by atoms with Crippen molar-refractivity contribution in [2.75, 3.05) is 0 Å². The predicted molar refractivity (Wildman–Crippen MR) is 57.9 cm³/mol. The van der Waals surface area contributed by atoms with Crippen molar-refractivity contribution in [2.24, 2.45) is 0 Å². The number of rotatable bonds is 2. The fourth-order valence-corrected chi connectivity index (χ4v) is 1.32. The lowest BCUT2D eigenvalue weighted by Crippen LogP contribution is -2.41. The van der Waals surface area contributed by atoms with Crippen LogP contribution in [0.1, 0.15) is 27.2 Å². The third kappa shape index (κ3) is 3.56. The molecule has 16 heavy (non-hydrogen) atoms. The average Bonchev–Trinajstić information content (AvgIpc) is 2.44. The number of cyclic esters (lactones) is 1. The minimum atomic E-state index is -0.641. The van der Waals surface area contributed by atoms with E-state index in [9.17, 15) is 9.59 Å². The molecule has 1 aliphatic heterocycles. The van der Waals surface area contributed by atoms with Gasteiger partial charge in [0.15, 0.2) is 0 Å². The van der Waals surface area contributed by atoms with E-state index in [1.54, 1.807) is 20.8 Å². The van der Waals surface area contributed by atoms with Gasteiger partial charge >= 0.3 is 12.1 Å². The first-order chi connectivity index (χ1) is 7.31. The van der Waals surface area contributed by atoms with Gasteiger partial charge in [-0.15, -0.1) is 0 Å². The summed E-state index contributed by atoms with van der Waals surface area (Å²) >= 11 is 0. The van der Waals surface area contributed by atoms with Gasteiger partial charge in [-0.05, 0) is 20.8 Å². The van der Waals surface area contributed by atoms with Crippen molar-refractivity contribution < 1.29 is 19.1 Å². The lowest BCUT2D eigenvalue weighted by Gasteiger charge is -2.20. The third-order valence-corrected chi connectivity index (χ3v) is 1.97. The van der Waals surface area contributed by atoms with E-state index in [4.69, 9.17) is 9.47 Å². The monoisotopic (exact) mass is 227 g/mol. The van der Waals surface area contributed by atoms with Crippen LogP contribution in [0.5, 0.6) is 0 Å². The molecule has 1 aliphatic rings. The summed E-state index contributed by atoms with van der Waals surface area (Å²) in [4.78, 5) is 22.7. The molecule has 0 unspecified atom stereocenters. The highest BCUT2D eigenvalue weighted by Gasteiger charge is 2.34. The molecular formula is C11H17NO4. The SMILES string of the molecule is C=C[C@H]1C[C@H](NC(=O)OC(C)(C)C)C(=O)O1. The van der Waals surface area contributed by atoms with Gasteiger partial charge in [0, 0.05) is 6.42 Å². The molecule has 1 fully saturated rings. The summed E-state index contributed by atoms with van der Waals surface area (Å²) < 4.78 is 9.96. The van der Waals surface area contributed by atoms with E-state index in [0.717, 1.165) is 0 Å². The Morgan fingerprint density at radius 1 is 1.62 bits per heavy atom. The first kappa shape index (κ1) is 12.5. The highest BCUT2D eigenvalue weighted by molar-refractivity contribution is 5.83. The van der Waals surface area contributed by atoms with Crippen LogP contribution < -0.4 is 5.32 Å². The van der Waals surface area contributed by atoms with Gasteiger partial charge in [-0.1, -0.05) is 12.7 Å². The molecule has 0 bridgehead atoms. The Morgan fingerprint density at radius 2 is 2.25 bits per heavy atom. The second-order valence-electron chi connectivity index (χ2n) is 4.65. The van der Waals surface area contributed by atoms with E-state index in [2.05, 4.69) is 11.9 Å². The van der Waals surface area contributed by atoms with E-state index < -0.39 is 23.7 Å². The minimum absolute atomic E-state index is 0.326. The van der Waals surface area contributed by atoms with Crippen LogP contribution >= 0.6 is 0 Å². The molecule has 0 aliphatic carbocycles. The van der Waals surface area contributed by atoms with Gasteiger partial charge in [-0.3, -0.25) is 0 Å². The number of hydrogen-bond donors (Lipinski definition) is 1. The van der Waals surface area contributed by atoms with Gasteiger partial charge in [-0.2, -0.15) is 0 Å². The summed E-state index contributed by atoms with van der Waals surface area (Å²) in [5, 5.41) is 2.47. The lowest BCUT2D eigenvalue weighted by molar-refractivity contribution is -0.141. The Bertz CT molecular complexity index is 306. The zero-order valence-corrected chi connectivity index (χ0v) is 9.78. The van der Waals surface area contributed by atoms with Crippen LogP contribution in [0.4, 0.5) is 4.79 Å². The van der Waals surface area contributed by atoms with E-state index in [0.29, 0.717) is 6.42 Å². The molecule has 0 aromatic heterocycles. The van der Waals surface area contributed by atoms with Gasteiger partial charge in [0.25, 0.3) is 0 Å².